The van der Waals surface area contributed by atoms with Gasteiger partial charge < -0.3 is 20.5 Å². The monoisotopic (exact) mass is 334 g/mol. The Hall–Kier alpha value is -2.54. The van der Waals surface area contributed by atoms with E-state index in [0.717, 1.165) is 4.88 Å². The molecule has 0 atom stereocenters. The molecule has 0 fully saturated rings. The zero-order valence-corrected chi connectivity index (χ0v) is 13.7. The van der Waals surface area contributed by atoms with E-state index in [1.165, 1.54) is 12.0 Å². The predicted molar refractivity (Wildman–Crippen MR) is 87.9 cm³/mol. The van der Waals surface area contributed by atoms with Crippen molar-refractivity contribution in [2.24, 2.45) is 5.73 Å². The summed E-state index contributed by atoms with van der Waals surface area (Å²) in [6.07, 6.45) is 0. The van der Waals surface area contributed by atoms with E-state index >= 15 is 0 Å². The number of nitrogens with one attached hydrogen (secondary N) is 1. The molecule has 0 bridgehead atoms. The number of methoxy groups -OCH3 is 1. The van der Waals surface area contributed by atoms with Gasteiger partial charge in [-0.05, 0) is 37.3 Å². The highest BCUT2D eigenvalue weighted by atomic mass is 32.1. The predicted octanol–water partition coefficient (Wildman–Crippen LogP) is 1.86. The Labute approximate surface area is 138 Å². The van der Waals surface area contributed by atoms with E-state index < -0.39 is 5.91 Å². The number of nitrogens with two attached hydrogens (primary N) is 1. The van der Waals surface area contributed by atoms with Gasteiger partial charge in [0.15, 0.2) is 18.1 Å². The second kappa shape index (κ2) is 7.64. The molecule has 3 N–H and O–H groups in total. The number of amides is 2. The van der Waals surface area contributed by atoms with E-state index in [-0.39, 0.29) is 12.5 Å². The largest absolute Gasteiger partial charge is 0.493 e. The third-order valence-corrected chi connectivity index (χ3v) is 4.02. The van der Waals surface area contributed by atoms with Crippen molar-refractivity contribution in [3.8, 4) is 11.5 Å². The Morgan fingerprint density at radius 2 is 2.00 bits per heavy atom. The highest BCUT2D eigenvalue weighted by Crippen LogP contribution is 2.28. The number of primary amides is 1. The van der Waals surface area contributed by atoms with E-state index in [2.05, 4.69) is 5.32 Å². The van der Waals surface area contributed by atoms with E-state index in [9.17, 15) is 9.59 Å². The molecule has 1 aromatic carbocycles. The van der Waals surface area contributed by atoms with Crippen LogP contribution in [-0.4, -0.2) is 25.5 Å². The van der Waals surface area contributed by atoms with E-state index in [4.69, 9.17) is 15.2 Å². The van der Waals surface area contributed by atoms with Crippen LogP contribution in [0, 0.1) is 6.92 Å². The lowest BCUT2D eigenvalue weighted by atomic mass is 10.2. The molecule has 0 spiro atoms. The quantitative estimate of drug-likeness (QED) is 0.808. The van der Waals surface area contributed by atoms with Crippen LogP contribution in [0.15, 0.2) is 30.3 Å². The smallest absolute Gasteiger partial charge is 0.255 e. The molecule has 0 unspecified atom stereocenters. The summed E-state index contributed by atoms with van der Waals surface area (Å²) >= 11 is 1.64. The van der Waals surface area contributed by atoms with Gasteiger partial charge in [-0.15, -0.1) is 11.3 Å². The average Bonchev–Trinajstić information content (AvgIpc) is 2.95. The molecule has 0 aliphatic heterocycles. The molecule has 23 heavy (non-hydrogen) atoms. The van der Waals surface area contributed by atoms with Gasteiger partial charge in [-0.25, -0.2) is 0 Å². The van der Waals surface area contributed by atoms with Crippen LogP contribution in [0.2, 0.25) is 0 Å². The van der Waals surface area contributed by atoms with Crippen LogP contribution in [-0.2, 0) is 11.3 Å². The normalized spacial score (nSPS) is 10.2. The van der Waals surface area contributed by atoms with Crippen molar-refractivity contribution in [2.75, 3.05) is 13.7 Å². The first kappa shape index (κ1) is 16.8. The minimum Gasteiger partial charge on any atom is -0.493 e. The molecule has 0 radical (unpaired) electrons. The number of hydrogen-bond donors (Lipinski definition) is 2. The molecule has 122 valence electrons. The minimum atomic E-state index is -0.583. The van der Waals surface area contributed by atoms with Crippen LogP contribution in [0.1, 0.15) is 20.1 Å². The Morgan fingerprint density at radius 3 is 2.61 bits per heavy atom. The maximum atomic E-state index is 12.2. The van der Waals surface area contributed by atoms with Crippen LogP contribution in [0.5, 0.6) is 11.5 Å². The number of rotatable bonds is 7. The second-order valence-electron chi connectivity index (χ2n) is 4.82. The van der Waals surface area contributed by atoms with Crippen LogP contribution < -0.4 is 20.5 Å². The zero-order valence-electron chi connectivity index (χ0n) is 12.9. The highest BCUT2D eigenvalue weighted by molar-refractivity contribution is 7.11. The molecule has 2 amide bonds. The number of carbonyl (C=O) groups excluding carboxylic acids is 2. The number of benzene rings is 1. The van der Waals surface area contributed by atoms with E-state index in [1.807, 2.05) is 19.1 Å². The Bertz CT molecular complexity index is 712. The summed E-state index contributed by atoms with van der Waals surface area (Å²) in [6, 6.07) is 8.74. The van der Waals surface area contributed by atoms with E-state index in [0.29, 0.717) is 23.6 Å². The van der Waals surface area contributed by atoms with Gasteiger partial charge in [0.25, 0.3) is 11.8 Å². The van der Waals surface area contributed by atoms with Gasteiger partial charge in [-0.3, -0.25) is 9.59 Å². The van der Waals surface area contributed by atoms with Crippen molar-refractivity contribution in [2.45, 2.75) is 13.5 Å². The van der Waals surface area contributed by atoms with Gasteiger partial charge in [-0.2, -0.15) is 0 Å². The zero-order chi connectivity index (χ0) is 16.8. The van der Waals surface area contributed by atoms with Gasteiger partial charge in [-0.1, -0.05) is 0 Å². The maximum absolute atomic E-state index is 12.2. The van der Waals surface area contributed by atoms with Gasteiger partial charge in [0.2, 0.25) is 0 Å². The summed E-state index contributed by atoms with van der Waals surface area (Å²) in [7, 11) is 1.46. The summed E-state index contributed by atoms with van der Waals surface area (Å²) < 4.78 is 10.4. The summed E-state index contributed by atoms with van der Waals surface area (Å²) in [6.45, 7) is 2.24. The van der Waals surface area contributed by atoms with Crippen molar-refractivity contribution in [3.63, 3.8) is 0 Å². The van der Waals surface area contributed by atoms with Gasteiger partial charge in [0, 0.05) is 15.3 Å². The first-order valence-electron chi connectivity index (χ1n) is 6.92. The lowest BCUT2D eigenvalue weighted by molar-refractivity contribution is -0.119. The van der Waals surface area contributed by atoms with Crippen LogP contribution in [0.3, 0.4) is 0 Å². The first-order valence-corrected chi connectivity index (χ1v) is 7.74. The Morgan fingerprint density at radius 1 is 1.22 bits per heavy atom. The molecule has 0 aliphatic rings. The molecule has 0 saturated heterocycles. The first-order chi connectivity index (χ1) is 11.0. The standard InChI is InChI=1S/C16H18N2O4S/c1-10-3-5-12(23-10)8-18-16(20)11-4-6-13(14(7-11)21-2)22-9-15(17)19/h3-7H,8-9H2,1-2H3,(H2,17,19)(H,18,20). The molecule has 2 aromatic rings. The molecule has 6 nitrogen and oxygen atoms in total. The highest BCUT2D eigenvalue weighted by Gasteiger charge is 2.12. The third-order valence-electron chi connectivity index (χ3n) is 3.01. The summed E-state index contributed by atoms with van der Waals surface area (Å²) in [5.74, 6) is -0.0708. The van der Waals surface area contributed by atoms with Crippen molar-refractivity contribution in [1.82, 2.24) is 5.32 Å². The minimum absolute atomic E-state index is 0.212. The summed E-state index contributed by atoms with van der Waals surface area (Å²) in [5, 5.41) is 2.85. The summed E-state index contributed by atoms with van der Waals surface area (Å²) in [4.78, 5) is 25.2. The maximum Gasteiger partial charge on any atom is 0.255 e. The van der Waals surface area contributed by atoms with Gasteiger partial charge >= 0.3 is 0 Å². The molecule has 2 rings (SSSR count). The van der Waals surface area contributed by atoms with Crippen LogP contribution in [0.25, 0.3) is 0 Å². The topological polar surface area (TPSA) is 90.7 Å². The molecular weight excluding hydrogens is 316 g/mol. The second-order valence-corrected chi connectivity index (χ2v) is 6.19. The van der Waals surface area contributed by atoms with Crippen molar-refractivity contribution in [3.05, 3.63) is 45.6 Å². The SMILES string of the molecule is COc1cc(C(=O)NCc2ccc(C)s2)ccc1OCC(N)=O. The van der Waals surface area contributed by atoms with Crippen molar-refractivity contribution >= 4 is 23.2 Å². The number of aryl methyl sites for hydroxylation is 1. The van der Waals surface area contributed by atoms with Gasteiger partial charge in [0.1, 0.15) is 0 Å². The number of ether oxygens (including phenoxy) is 2. The fourth-order valence-electron chi connectivity index (χ4n) is 1.93. The van der Waals surface area contributed by atoms with Crippen molar-refractivity contribution < 1.29 is 19.1 Å². The van der Waals surface area contributed by atoms with Crippen molar-refractivity contribution in [1.29, 1.82) is 0 Å². The lowest BCUT2D eigenvalue weighted by Gasteiger charge is -2.11. The van der Waals surface area contributed by atoms with E-state index in [1.54, 1.807) is 29.5 Å². The Kier molecular flexibility index (Phi) is 5.59. The molecule has 1 heterocycles. The molecule has 0 aliphatic carbocycles. The fourth-order valence-corrected chi connectivity index (χ4v) is 2.76. The summed E-state index contributed by atoms with van der Waals surface area (Å²) in [5.41, 5.74) is 5.48. The number of carbonyl (C=O) groups is 2. The van der Waals surface area contributed by atoms with Crippen LogP contribution in [0.4, 0.5) is 0 Å². The average molecular weight is 334 g/mol. The molecule has 0 saturated carbocycles. The lowest BCUT2D eigenvalue weighted by Crippen LogP contribution is -2.22. The number of thiophene rings is 1. The molecule has 7 heteroatoms. The molecular formula is C16H18N2O4S. The third kappa shape index (κ3) is 4.72. The van der Waals surface area contributed by atoms with Crippen LogP contribution >= 0.6 is 11.3 Å². The van der Waals surface area contributed by atoms with Gasteiger partial charge in [0.05, 0.1) is 13.7 Å². The fraction of sp³-hybridized carbons (Fsp3) is 0.250. The number of hydrogen-bond acceptors (Lipinski definition) is 5. The Balaban J connectivity index is 2.03. The molecule has 1 aromatic heterocycles.